The molecule has 0 saturated carbocycles. The first-order valence-corrected chi connectivity index (χ1v) is 9.71. The smallest absolute Gasteiger partial charge is 0.191 e. The third-order valence-electron chi connectivity index (χ3n) is 3.10. The molecule has 1 aromatic heterocycles. The van der Waals surface area contributed by atoms with Crippen molar-refractivity contribution in [3.63, 3.8) is 0 Å². The van der Waals surface area contributed by atoms with E-state index in [1.54, 1.807) is 0 Å². The van der Waals surface area contributed by atoms with Gasteiger partial charge in [-0.2, -0.15) is 0 Å². The number of hydrogen-bond acceptors (Lipinski definition) is 7. The lowest BCUT2D eigenvalue weighted by Gasteiger charge is -2.28. The molecule has 0 radical (unpaired) electrons. The summed E-state index contributed by atoms with van der Waals surface area (Å²) in [4.78, 5) is 10.9. The minimum absolute atomic E-state index is 0.198. The van der Waals surface area contributed by atoms with E-state index in [2.05, 4.69) is 22.2 Å². The molecule has 0 bridgehead atoms. The van der Waals surface area contributed by atoms with E-state index in [1.165, 1.54) is 11.8 Å². The maximum atomic E-state index is 11.5. The van der Waals surface area contributed by atoms with Crippen molar-refractivity contribution in [3.8, 4) is 0 Å². The first-order chi connectivity index (χ1) is 9.54. The predicted molar refractivity (Wildman–Crippen MR) is 83.5 cm³/mol. The lowest BCUT2D eigenvalue weighted by atomic mass is 10.4. The monoisotopic (exact) mass is 316 g/mol. The second kappa shape index (κ2) is 6.62. The summed E-state index contributed by atoms with van der Waals surface area (Å²) in [7, 11) is -2.87. The summed E-state index contributed by atoms with van der Waals surface area (Å²) in [5.74, 6) is 2.00. The Labute approximate surface area is 124 Å². The Hall–Kier alpha value is -1.02. The van der Waals surface area contributed by atoms with Crippen molar-refractivity contribution in [2.75, 3.05) is 47.6 Å². The van der Waals surface area contributed by atoms with Gasteiger partial charge in [0.2, 0.25) is 0 Å². The Kier molecular flexibility index (Phi) is 5.09. The van der Waals surface area contributed by atoms with Crippen LogP contribution >= 0.6 is 11.8 Å². The Morgan fingerprint density at radius 3 is 2.65 bits per heavy atom. The number of rotatable bonds is 5. The number of hydrogen-bond donors (Lipinski definition) is 1. The summed E-state index contributed by atoms with van der Waals surface area (Å²) < 4.78 is 23.0. The van der Waals surface area contributed by atoms with Crippen LogP contribution in [0.3, 0.4) is 0 Å². The average molecular weight is 316 g/mol. The van der Waals surface area contributed by atoms with Gasteiger partial charge in [-0.1, -0.05) is 18.7 Å². The minimum Gasteiger partial charge on any atom is -0.370 e. The van der Waals surface area contributed by atoms with E-state index in [0.29, 0.717) is 18.2 Å². The molecule has 0 aromatic carbocycles. The second-order valence-electron chi connectivity index (χ2n) is 4.66. The Balaban J connectivity index is 2.18. The molecule has 8 heteroatoms. The molecule has 0 aliphatic carbocycles. The summed E-state index contributed by atoms with van der Waals surface area (Å²) in [5.41, 5.74) is 0. The number of anilines is 2. The molecule has 0 unspecified atom stereocenters. The first kappa shape index (κ1) is 15.4. The number of nitrogens with one attached hydrogen (secondary N) is 1. The molecule has 20 heavy (non-hydrogen) atoms. The van der Waals surface area contributed by atoms with E-state index < -0.39 is 9.84 Å². The van der Waals surface area contributed by atoms with E-state index in [9.17, 15) is 8.42 Å². The average Bonchev–Trinajstić information content (AvgIpc) is 2.44. The third kappa shape index (κ3) is 3.99. The molecule has 1 fully saturated rings. The highest BCUT2D eigenvalue weighted by Gasteiger charge is 2.23. The molecule has 1 saturated heterocycles. The standard InChI is InChI=1S/C12H20N4O2S2/c1-3-4-13-10-9-11(15-12(14-10)19-2)16-5-7-20(17,18)8-6-16/h9H,3-8H2,1-2H3,(H,13,14,15). The molecule has 2 rings (SSSR count). The van der Waals surface area contributed by atoms with Crippen molar-refractivity contribution >= 4 is 33.2 Å². The van der Waals surface area contributed by atoms with E-state index in [0.717, 1.165) is 24.6 Å². The Bertz CT molecular complexity index is 549. The Morgan fingerprint density at radius 1 is 1.35 bits per heavy atom. The molecule has 1 aliphatic heterocycles. The van der Waals surface area contributed by atoms with Gasteiger partial charge in [-0.15, -0.1) is 0 Å². The van der Waals surface area contributed by atoms with Gasteiger partial charge in [0.15, 0.2) is 15.0 Å². The number of sulfone groups is 1. The lowest BCUT2D eigenvalue weighted by Crippen LogP contribution is -2.40. The maximum absolute atomic E-state index is 11.5. The van der Waals surface area contributed by atoms with Crippen LogP contribution in [0.5, 0.6) is 0 Å². The fourth-order valence-electron chi connectivity index (χ4n) is 1.95. The highest BCUT2D eigenvalue weighted by atomic mass is 32.2. The van der Waals surface area contributed by atoms with Crippen LogP contribution in [-0.4, -0.2) is 55.8 Å². The first-order valence-electron chi connectivity index (χ1n) is 6.66. The minimum atomic E-state index is -2.87. The molecular formula is C12H20N4O2S2. The zero-order valence-corrected chi connectivity index (χ0v) is 13.4. The van der Waals surface area contributed by atoms with Gasteiger partial charge in [0.1, 0.15) is 11.6 Å². The largest absolute Gasteiger partial charge is 0.370 e. The molecule has 0 amide bonds. The van der Waals surface area contributed by atoms with Crippen LogP contribution in [0.15, 0.2) is 11.2 Å². The molecule has 2 heterocycles. The van der Waals surface area contributed by atoms with Gasteiger partial charge >= 0.3 is 0 Å². The van der Waals surface area contributed by atoms with Crippen LogP contribution in [0.4, 0.5) is 11.6 Å². The van der Waals surface area contributed by atoms with Crippen molar-refractivity contribution in [3.05, 3.63) is 6.07 Å². The normalized spacial score (nSPS) is 18.0. The molecule has 1 N–H and O–H groups in total. The summed E-state index contributed by atoms with van der Waals surface area (Å²) >= 11 is 1.49. The highest BCUT2D eigenvalue weighted by molar-refractivity contribution is 7.98. The van der Waals surface area contributed by atoms with Crippen LogP contribution in [0.1, 0.15) is 13.3 Å². The van der Waals surface area contributed by atoms with Gasteiger partial charge < -0.3 is 10.2 Å². The van der Waals surface area contributed by atoms with E-state index in [-0.39, 0.29) is 11.5 Å². The molecular weight excluding hydrogens is 296 g/mol. The van der Waals surface area contributed by atoms with Crippen LogP contribution in [0.2, 0.25) is 0 Å². The number of aromatic nitrogens is 2. The summed E-state index contributed by atoms with van der Waals surface area (Å²) in [6, 6.07) is 1.90. The SMILES string of the molecule is CCCNc1cc(N2CCS(=O)(=O)CC2)nc(SC)n1. The molecule has 1 aromatic rings. The van der Waals surface area contributed by atoms with Crippen LogP contribution < -0.4 is 10.2 Å². The van der Waals surface area contributed by atoms with Gasteiger partial charge in [0.25, 0.3) is 0 Å². The second-order valence-corrected chi connectivity index (χ2v) is 7.74. The quantitative estimate of drug-likeness (QED) is 0.647. The zero-order valence-electron chi connectivity index (χ0n) is 11.8. The highest BCUT2D eigenvalue weighted by Crippen LogP contribution is 2.21. The van der Waals surface area contributed by atoms with Gasteiger partial charge in [-0.25, -0.2) is 18.4 Å². The number of nitrogens with zero attached hydrogens (tertiary/aromatic N) is 3. The fourth-order valence-corrected chi connectivity index (χ4v) is 3.53. The Morgan fingerprint density at radius 2 is 2.05 bits per heavy atom. The van der Waals surface area contributed by atoms with Crippen molar-refractivity contribution in [1.29, 1.82) is 0 Å². The van der Waals surface area contributed by atoms with Gasteiger partial charge in [0, 0.05) is 25.7 Å². The fraction of sp³-hybridized carbons (Fsp3) is 0.667. The summed E-state index contributed by atoms with van der Waals surface area (Å²) in [5, 5.41) is 3.96. The molecule has 0 spiro atoms. The van der Waals surface area contributed by atoms with Crippen molar-refractivity contribution in [2.24, 2.45) is 0 Å². The van der Waals surface area contributed by atoms with E-state index in [1.807, 2.05) is 17.2 Å². The molecule has 0 atom stereocenters. The van der Waals surface area contributed by atoms with Crippen LogP contribution in [-0.2, 0) is 9.84 Å². The zero-order chi connectivity index (χ0) is 14.6. The van der Waals surface area contributed by atoms with E-state index in [4.69, 9.17) is 0 Å². The predicted octanol–water partition coefficient (Wildman–Crippen LogP) is 1.26. The third-order valence-corrected chi connectivity index (χ3v) is 5.26. The van der Waals surface area contributed by atoms with Crippen molar-refractivity contribution in [1.82, 2.24) is 9.97 Å². The number of thioether (sulfide) groups is 1. The summed E-state index contributed by atoms with van der Waals surface area (Å²) in [6.07, 6.45) is 2.96. The summed E-state index contributed by atoms with van der Waals surface area (Å²) in [6.45, 7) is 3.96. The van der Waals surface area contributed by atoms with Crippen molar-refractivity contribution in [2.45, 2.75) is 18.5 Å². The topological polar surface area (TPSA) is 75.2 Å². The van der Waals surface area contributed by atoms with Gasteiger partial charge in [-0.3, -0.25) is 0 Å². The van der Waals surface area contributed by atoms with Gasteiger partial charge in [0.05, 0.1) is 11.5 Å². The molecule has 6 nitrogen and oxygen atoms in total. The lowest BCUT2D eigenvalue weighted by molar-refractivity contribution is 0.586. The molecule has 1 aliphatic rings. The van der Waals surface area contributed by atoms with Crippen LogP contribution in [0.25, 0.3) is 0 Å². The molecule has 112 valence electrons. The van der Waals surface area contributed by atoms with E-state index >= 15 is 0 Å². The van der Waals surface area contributed by atoms with Crippen LogP contribution in [0, 0.1) is 0 Å². The maximum Gasteiger partial charge on any atom is 0.191 e. The van der Waals surface area contributed by atoms with Gasteiger partial charge in [-0.05, 0) is 12.7 Å². The van der Waals surface area contributed by atoms with Crippen molar-refractivity contribution < 1.29 is 8.42 Å².